The second-order valence-corrected chi connectivity index (χ2v) is 5.90. The summed E-state index contributed by atoms with van der Waals surface area (Å²) < 4.78 is 0.967. The van der Waals surface area contributed by atoms with E-state index in [-0.39, 0.29) is 12.1 Å². The first kappa shape index (κ1) is 13.2. The average molecular weight is 319 g/mol. The molecular formula is C13H17BrClNO. The van der Waals surface area contributed by atoms with Crippen molar-refractivity contribution in [3.05, 3.63) is 27.7 Å². The van der Waals surface area contributed by atoms with Crippen LogP contribution in [-0.2, 0) is 0 Å². The molecule has 0 heterocycles. The van der Waals surface area contributed by atoms with E-state index < -0.39 is 0 Å². The second-order valence-electron chi connectivity index (χ2n) is 4.58. The van der Waals surface area contributed by atoms with E-state index in [0.717, 1.165) is 29.4 Å². The molecule has 2 unspecified atom stereocenters. The quantitative estimate of drug-likeness (QED) is 0.801. The van der Waals surface area contributed by atoms with Crippen LogP contribution < -0.4 is 5.32 Å². The number of hydrogen-bond acceptors (Lipinski definition) is 2. The molecule has 4 heteroatoms. The summed E-state index contributed by atoms with van der Waals surface area (Å²) in [4.78, 5) is 0. The molecule has 17 heavy (non-hydrogen) atoms. The first-order chi connectivity index (χ1) is 8.16. The lowest BCUT2D eigenvalue weighted by atomic mass is 10.1. The van der Waals surface area contributed by atoms with Gasteiger partial charge < -0.3 is 10.4 Å². The number of hydrogen-bond donors (Lipinski definition) is 2. The van der Waals surface area contributed by atoms with E-state index in [4.69, 9.17) is 11.6 Å². The molecule has 1 aromatic rings. The summed E-state index contributed by atoms with van der Waals surface area (Å²) in [5, 5.41) is 14.1. The first-order valence-corrected chi connectivity index (χ1v) is 7.23. The van der Waals surface area contributed by atoms with Crippen molar-refractivity contribution in [1.82, 2.24) is 0 Å². The normalized spacial score (nSPS) is 25.4. The van der Waals surface area contributed by atoms with Crippen LogP contribution >= 0.6 is 27.5 Å². The van der Waals surface area contributed by atoms with Crippen molar-refractivity contribution in [3.63, 3.8) is 0 Å². The van der Waals surface area contributed by atoms with Gasteiger partial charge in [0.1, 0.15) is 0 Å². The average Bonchev–Trinajstić information content (AvgIpc) is 2.48. The minimum absolute atomic E-state index is 0.121. The van der Waals surface area contributed by atoms with Crippen molar-refractivity contribution in [2.24, 2.45) is 0 Å². The van der Waals surface area contributed by atoms with Crippen molar-refractivity contribution < 1.29 is 5.11 Å². The molecule has 2 N–H and O–H groups in total. The molecule has 0 bridgehead atoms. The largest absolute Gasteiger partial charge is 0.391 e. The zero-order valence-electron chi connectivity index (χ0n) is 9.63. The van der Waals surface area contributed by atoms with Crippen LogP contribution in [0.1, 0.15) is 32.1 Å². The molecule has 2 atom stereocenters. The molecule has 1 aliphatic carbocycles. The van der Waals surface area contributed by atoms with Gasteiger partial charge in [-0.05, 0) is 31.0 Å². The number of nitrogens with one attached hydrogen (secondary N) is 1. The van der Waals surface area contributed by atoms with Crippen LogP contribution in [-0.4, -0.2) is 17.3 Å². The van der Waals surface area contributed by atoms with E-state index in [1.54, 1.807) is 0 Å². The molecule has 2 rings (SSSR count). The number of aliphatic hydroxyl groups excluding tert-OH is 1. The molecule has 1 fully saturated rings. The Morgan fingerprint density at radius 2 is 2.00 bits per heavy atom. The van der Waals surface area contributed by atoms with E-state index >= 15 is 0 Å². The summed E-state index contributed by atoms with van der Waals surface area (Å²) in [5.74, 6) is 0. The highest BCUT2D eigenvalue weighted by atomic mass is 79.9. The van der Waals surface area contributed by atoms with E-state index in [2.05, 4.69) is 21.2 Å². The van der Waals surface area contributed by atoms with Gasteiger partial charge in [0.2, 0.25) is 0 Å². The maximum atomic E-state index is 10.0. The third kappa shape index (κ3) is 3.60. The van der Waals surface area contributed by atoms with Gasteiger partial charge >= 0.3 is 0 Å². The van der Waals surface area contributed by atoms with Crippen LogP contribution in [0.5, 0.6) is 0 Å². The molecule has 2 nitrogen and oxygen atoms in total. The summed E-state index contributed by atoms with van der Waals surface area (Å²) in [6, 6.07) is 5.89. The maximum absolute atomic E-state index is 10.0. The highest BCUT2D eigenvalue weighted by Gasteiger charge is 2.21. The Kier molecular flexibility index (Phi) is 4.71. The third-order valence-electron chi connectivity index (χ3n) is 3.25. The zero-order valence-corrected chi connectivity index (χ0v) is 12.0. The summed E-state index contributed by atoms with van der Waals surface area (Å²) in [6.07, 6.45) is 5.12. The van der Waals surface area contributed by atoms with E-state index in [1.165, 1.54) is 12.8 Å². The van der Waals surface area contributed by atoms with E-state index in [9.17, 15) is 5.11 Å². The van der Waals surface area contributed by atoms with E-state index in [0.29, 0.717) is 5.02 Å². The Bertz CT molecular complexity index is 386. The SMILES string of the molecule is OC1CCCCCC1Nc1ccc(Br)cc1Cl. The molecule has 0 aromatic heterocycles. The predicted molar refractivity (Wildman–Crippen MR) is 75.7 cm³/mol. The van der Waals surface area contributed by atoms with Crippen molar-refractivity contribution in [1.29, 1.82) is 0 Å². The van der Waals surface area contributed by atoms with Crippen LogP contribution in [0, 0.1) is 0 Å². The second kappa shape index (κ2) is 6.07. The van der Waals surface area contributed by atoms with Crippen molar-refractivity contribution in [2.45, 2.75) is 44.2 Å². The zero-order chi connectivity index (χ0) is 12.3. The highest BCUT2D eigenvalue weighted by molar-refractivity contribution is 9.10. The van der Waals surface area contributed by atoms with Gasteiger partial charge in [0.15, 0.2) is 0 Å². The molecule has 94 valence electrons. The third-order valence-corrected chi connectivity index (χ3v) is 4.06. The number of aliphatic hydroxyl groups is 1. The van der Waals surface area contributed by atoms with Crippen LogP contribution in [0.3, 0.4) is 0 Å². The summed E-state index contributed by atoms with van der Waals surface area (Å²) in [5.41, 5.74) is 0.904. The minimum atomic E-state index is -0.266. The Balaban J connectivity index is 2.08. The first-order valence-electron chi connectivity index (χ1n) is 6.06. The topological polar surface area (TPSA) is 32.3 Å². The molecular weight excluding hydrogens is 302 g/mol. The molecule has 0 radical (unpaired) electrons. The van der Waals surface area contributed by atoms with Crippen molar-refractivity contribution in [3.8, 4) is 0 Å². The lowest BCUT2D eigenvalue weighted by molar-refractivity contribution is 0.144. The lowest BCUT2D eigenvalue weighted by Gasteiger charge is -2.23. The number of halogens is 2. The molecule has 1 saturated carbocycles. The molecule has 0 saturated heterocycles. The Labute approximate surface area is 115 Å². The Hall–Kier alpha value is -0.250. The van der Waals surface area contributed by atoms with Gasteiger partial charge in [0, 0.05) is 4.47 Å². The lowest BCUT2D eigenvalue weighted by Crippen LogP contribution is -2.32. The van der Waals surface area contributed by atoms with Gasteiger partial charge in [-0.15, -0.1) is 0 Å². The standard InChI is InChI=1S/C13H17BrClNO/c14-9-6-7-11(10(15)8-9)16-12-4-2-1-3-5-13(12)17/h6-8,12-13,16-17H,1-5H2. The molecule has 0 amide bonds. The molecule has 1 aliphatic rings. The fourth-order valence-electron chi connectivity index (χ4n) is 2.26. The molecule has 0 spiro atoms. The minimum Gasteiger partial charge on any atom is -0.391 e. The van der Waals surface area contributed by atoms with Gasteiger partial charge in [0.05, 0.1) is 22.9 Å². The number of benzene rings is 1. The Morgan fingerprint density at radius 3 is 2.76 bits per heavy atom. The van der Waals surface area contributed by atoms with Crippen LogP contribution in [0.4, 0.5) is 5.69 Å². The summed E-state index contributed by atoms with van der Waals surface area (Å²) in [7, 11) is 0. The van der Waals surface area contributed by atoms with Crippen molar-refractivity contribution >= 4 is 33.2 Å². The number of anilines is 1. The monoisotopic (exact) mass is 317 g/mol. The fourth-order valence-corrected chi connectivity index (χ4v) is 2.99. The Morgan fingerprint density at radius 1 is 1.24 bits per heavy atom. The highest BCUT2D eigenvalue weighted by Crippen LogP contribution is 2.28. The van der Waals surface area contributed by atoms with Crippen LogP contribution in [0.25, 0.3) is 0 Å². The van der Waals surface area contributed by atoms with Crippen LogP contribution in [0.15, 0.2) is 22.7 Å². The van der Waals surface area contributed by atoms with Gasteiger partial charge in [-0.3, -0.25) is 0 Å². The summed E-state index contributed by atoms with van der Waals surface area (Å²) >= 11 is 9.55. The fraction of sp³-hybridized carbons (Fsp3) is 0.538. The molecule has 1 aromatic carbocycles. The molecule has 0 aliphatic heterocycles. The van der Waals surface area contributed by atoms with E-state index in [1.807, 2.05) is 18.2 Å². The van der Waals surface area contributed by atoms with Gasteiger partial charge in [-0.2, -0.15) is 0 Å². The van der Waals surface area contributed by atoms with Gasteiger partial charge in [-0.1, -0.05) is 46.8 Å². The van der Waals surface area contributed by atoms with Crippen LogP contribution in [0.2, 0.25) is 5.02 Å². The van der Waals surface area contributed by atoms with Gasteiger partial charge in [-0.25, -0.2) is 0 Å². The van der Waals surface area contributed by atoms with Gasteiger partial charge in [0.25, 0.3) is 0 Å². The predicted octanol–water partition coefficient (Wildman–Crippen LogP) is 4.21. The maximum Gasteiger partial charge on any atom is 0.0741 e. The number of rotatable bonds is 2. The summed E-state index contributed by atoms with van der Waals surface area (Å²) in [6.45, 7) is 0. The smallest absolute Gasteiger partial charge is 0.0741 e. The van der Waals surface area contributed by atoms with Crippen molar-refractivity contribution in [2.75, 3.05) is 5.32 Å².